The van der Waals surface area contributed by atoms with Crippen LogP contribution >= 0.6 is 0 Å². The van der Waals surface area contributed by atoms with Crippen molar-refractivity contribution >= 4 is 17.3 Å². The maximum absolute atomic E-state index is 12.2. The Morgan fingerprint density at radius 1 is 1.12 bits per heavy atom. The molecule has 1 aromatic carbocycles. The lowest BCUT2D eigenvalue weighted by Gasteiger charge is -2.21. The molecule has 3 rings (SSSR count). The maximum atomic E-state index is 12.2. The molecular weight excluding hydrogens is 318 g/mol. The molecule has 0 radical (unpaired) electrons. The van der Waals surface area contributed by atoms with Crippen LogP contribution in [0.2, 0.25) is 0 Å². The van der Waals surface area contributed by atoms with Gasteiger partial charge in [0.1, 0.15) is 11.4 Å². The Bertz CT molecular complexity index is 813. The molecule has 1 unspecified atom stereocenters. The van der Waals surface area contributed by atoms with Crippen molar-refractivity contribution in [3.8, 4) is 0 Å². The molecule has 0 aliphatic heterocycles. The van der Waals surface area contributed by atoms with Crippen LogP contribution in [-0.2, 0) is 5.60 Å². The topological polar surface area (TPSA) is 87.4 Å². The number of pyridine rings is 1. The van der Waals surface area contributed by atoms with Crippen molar-refractivity contribution in [2.75, 3.05) is 11.9 Å². The molecule has 1 amide bonds. The summed E-state index contributed by atoms with van der Waals surface area (Å²) >= 11 is 0. The van der Waals surface area contributed by atoms with Crippen LogP contribution < -0.4 is 10.6 Å². The number of rotatable bonds is 6. The van der Waals surface area contributed by atoms with Crippen LogP contribution in [0.25, 0.3) is 0 Å². The van der Waals surface area contributed by atoms with Gasteiger partial charge in [0.25, 0.3) is 5.91 Å². The number of carbonyl (C=O) groups is 1. The number of hydrogen-bond acceptors (Lipinski definition) is 5. The van der Waals surface area contributed by atoms with Gasteiger partial charge in [-0.1, -0.05) is 0 Å². The number of amides is 1. The fraction of sp³-hybridized carbons (Fsp3) is 0.158. The van der Waals surface area contributed by atoms with E-state index in [4.69, 9.17) is 4.42 Å². The first-order valence-corrected chi connectivity index (χ1v) is 7.86. The second-order valence-electron chi connectivity index (χ2n) is 5.87. The van der Waals surface area contributed by atoms with E-state index < -0.39 is 5.60 Å². The molecule has 0 saturated heterocycles. The van der Waals surface area contributed by atoms with Crippen molar-refractivity contribution in [2.24, 2.45) is 0 Å². The summed E-state index contributed by atoms with van der Waals surface area (Å²) in [6.45, 7) is 1.64. The van der Waals surface area contributed by atoms with Crippen LogP contribution in [0.15, 0.2) is 71.6 Å². The van der Waals surface area contributed by atoms with Crippen molar-refractivity contribution in [3.05, 3.63) is 78.5 Å². The van der Waals surface area contributed by atoms with E-state index in [2.05, 4.69) is 15.6 Å². The van der Waals surface area contributed by atoms with E-state index >= 15 is 0 Å². The van der Waals surface area contributed by atoms with Gasteiger partial charge in [0.15, 0.2) is 0 Å². The molecule has 3 aromatic rings. The molecule has 6 nitrogen and oxygen atoms in total. The van der Waals surface area contributed by atoms with Gasteiger partial charge in [0, 0.05) is 29.3 Å². The highest BCUT2D eigenvalue weighted by Gasteiger charge is 2.26. The van der Waals surface area contributed by atoms with E-state index in [9.17, 15) is 9.90 Å². The van der Waals surface area contributed by atoms with Crippen molar-refractivity contribution in [1.82, 2.24) is 10.3 Å². The molecule has 2 aromatic heterocycles. The number of anilines is 2. The highest BCUT2D eigenvalue weighted by atomic mass is 16.4. The molecule has 6 heteroatoms. The number of hydrogen-bond donors (Lipinski definition) is 3. The number of aliphatic hydroxyl groups is 1. The number of aromatic nitrogens is 1. The normalized spacial score (nSPS) is 13.0. The average Bonchev–Trinajstić information content (AvgIpc) is 3.17. The van der Waals surface area contributed by atoms with Crippen LogP contribution in [-0.4, -0.2) is 22.5 Å². The Morgan fingerprint density at radius 2 is 1.80 bits per heavy atom. The Balaban J connectivity index is 1.59. The van der Waals surface area contributed by atoms with E-state index in [1.165, 1.54) is 6.26 Å². The molecule has 0 aliphatic rings. The van der Waals surface area contributed by atoms with Crippen LogP contribution in [0.5, 0.6) is 0 Å². The minimum Gasteiger partial charge on any atom is -0.466 e. The van der Waals surface area contributed by atoms with Crippen LogP contribution in [0.4, 0.5) is 11.4 Å². The summed E-state index contributed by atoms with van der Waals surface area (Å²) in [6.07, 6.45) is 4.89. The third-order valence-electron chi connectivity index (χ3n) is 3.76. The van der Waals surface area contributed by atoms with Crippen molar-refractivity contribution in [3.63, 3.8) is 0 Å². The Hall–Kier alpha value is -3.12. The minimum atomic E-state index is -1.26. The molecule has 25 heavy (non-hydrogen) atoms. The average molecular weight is 337 g/mol. The van der Waals surface area contributed by atoms with Gasteiger partial charge in [-0.2, -0.15) is 0 Å². The zero-order valence-corrected chi connectivity index (χ0v) is 13.8. The van der Waals surface area contributed by atoms with Crippen LogP contribution in [0.1, 0.15) is 23.0 Å². The van der Waals surface area contributed by atoms with Crippen LogP contribution in [0.3, 0.4) is 0 Å². The van der Waals surface area contributed by atoms with Gasteiger partial charge in [0.2, 0.25) is 0 Å². The summed E-state index contributed by atoms with van der Waals surface area (Å²) in [5.41, 5.74) is 1.03. The highest BCUT2D eigenvalue weighted by molar-refractivity contribution is 5.94. The summed E-state index contributed by atoms with van der Waals surface area (Å²) in [4.78, 5) is 16.2. The maximum Gasteiger partial charge on any atom is 0.251 e. The first-order chi connectivity index (χ1) is 12.0. The zero-order valence-electron chi connectivity index (χ0n) is 13.8. The van der Waals surface area contributed by atoms with Crippen molar-refractivity contribution < 1.29 is 14.3 Å². The monoisotopic (exact) mass is 337 g/mol. The third-order valence-corrected chi connectivity index (χ3v) is 3.76. The van der Waals surface area contributed by atoms with Gasteiger partial charge in [-0.3, -0.25) is 9.78 Å². The number of carbonyl (C=O) groups excluding carboxylic acids is 1. The van der Waals surface area contributed by atoms with E-state index in [1.807, 2.05) is 24.3 Å². The Morgan fingerprint density at radius 3 is 2.44 bits per heavy atom. The quantitative estimate of drug-likeness (QED) is 0.643. The van der Waals surface area contributed by atoms with Gasteiger partial charge in [-0.15, -0.1) is 0 Å². The summed E-state index contributed by atoms with van der Waals surface area (Å²) in [5.74, 6) is 0.145. The van der Waals surface area contributed by atoms with Crippen molar-refractivity contribution in [2.45, 2.75) is 12.5 Å². The standard InChI is InChI=1S/C19H19N3O3/c1-19(24,17-3-2-12-25-17)13-21-18(23)14-4-6-15(7-5-14)22-16-8-10-20-11-9-16/h2-12,24H,13H2,1H3,(H,20,22)(H,21,23). The second kappa shape index (κ2) is 7.19. The number of nitrogens with one attached hydrogen (secondary N) is 2. The first-order valence-electron chi connectivity index (χ1n) is 7.86. The van der Waals surface area contributed by atoms with Gasteiger partial charge in [-0.05, 0) is 55.5 Å². The molecule has 2 heterocycles. The first kappa shape index (κ1) is 16.7. The molecule has 128 valence electrons. The molecule has 1 atom stereocenters. The minimum absolute atomic E-state index is 0.0519. The van der Waals surface area contributed by atoms with Crippen molar-refractivity contribution in [1.29, 1.82) is 0 Å². The smallest absolute Gasteiger partial charge is 0.251 e. The second-order valence-corrected chi connectivity index (χ2v) is 5.87. The summed E-state index contributed by atoms with van der Waals surface area (Å²) < 4.78 is 5.19. The highest BCUT2D eigenvalue weighted by Crippen LogP contribution is 2.20. The molecule has 0 bridgehead atoms. The lowest BCUT2D eigenvalue weighted by molar-refractivity contribution is 0.0330. The molecule has 0 fully saturated rings. The molecule has 0 saturated carbocycles. The summed E-state index contributed by atoms with van der Waals surface area (Å²) in [5, 5.41) is 16.3. The predicted molar refractivity (Wildman–Crippen MR) is 94.6 cm³/mol. The fourth-order valence-corrected chi connectivity index (χ4v) is 2.33. The fourth-order valence-electron chi connectivity index (χ4n) is 2.33. The molecular formula is C19H19N3O3. The predicted octanol–water partition coefficient (Wildman–Crippen LogP) is 3.06. The van der Waals surface area contributed by atoms with E-state index in [0.717, 1.165) is 11.4 Å². The van der Waals surface area contributed by atoms with E-state index in [-0.39, 0.29) is 12.5 Å². The SMILES string of the molecule is CC(O)(CNC(=O)c1ccc(Nc2ccncc2)cc1)c1ccco1. The summed E-state index contributed by atoms with van der Waals surface area (Å²) in [6, 6.07) is 14.2. The lowest BCUT2D eigenvalue weighted by atomic mass is 10.0. The number of benzene rings is 1. The Kier molecular flexibility index (Phi) is 4.81. The van der Waals surface area contributed by atoms with E-state index in [0.29, 0.717) is 11.3 Å². The molecule has 0 aliphatic carbocycles. The lowest BCUT2D eigenvalue weighted by Crippen LogP contribution is -2.38. The van der Waals surface area contributed by atoms with Gasteiger partial charge in [0.05, 0.1) is 12.8 Å². The third kappa shape index (κ3) is 4.24. The van der Waals surface area contributed by atoms with Gasteiger partial charge >= 0.3 is 0 Å². The largest absolute Gasteiger partial charge is 0.466 e. The van der Waals surface area contributed by atoms with Gasteiger partial charge in [-0.25, -0.2) is 0 Å². The molecule has 3 N–H and O–H groups in total. The number of nitrogens with zero attached hydrogens (tertiary/aromatic N) is 1. The van der Waals surface area contributed by atoms with Gasteiger partial charge < -0.3 is 20.2 Å². The van der Waals surface area contributed by atoms with Crippen LogP contribution in [0, 0.1) is 0 Å². The van der Waals surface area contributed by atoms with E-state index in [1.54, 1.807) is 43.6 Å². The molecule has 0 spiro atoms. The zero-order chi connectivity index (χ0) is 17.7. The Labute approximate surface area is 145 Å². The summed E-state index contributed by atoms with van der Waals surface area (Å²) in [7, 11) is 0. The number of furan rings is 1.